The number of nitrogens with zero attached hydrogens (tertiary/aromatic N) is 2. The van der Waals surface area contributed by atoms with Crippen molar-refractivity contribution >= 4 is 40.5 Å². The summed E-state index contributed by atoms with van der Waals surface area (Å²) in [5.74, 6) is 0.390. The molecule has 0 radical (unpaired) electrons. The number of morpholine rings is 1. The van der Waals surface area contributed by atoms with Gasteiger partial charge in [-0.3, -0.25) is 9.59 Å². The molecule has 0 bridgehead atoms. The first kappa shape index (κ1) is 24.0. The maximum absolute atomic E-state index is 13.2. The van der Waals surface area contributed by atoms with Crippen LogP contribution in [0, 0.1) is 5.92 Å². The van der Waals surface area contributed by atoms with Gasteiger partial charge in [0.05, 0.1) is 57.5 Å². The number of benzene rings is 2. The summed E-state index contributed by atoms with van der Waals surface area (Å²) in [7, 11) is 4.54. The first-order valence-electron chi connectivity index (χ1n) is 11.0. The minimum atomic E-state index is -0.525. The van der Waals surface area contributed by atoms with Gasteiger partial charge in [-0.15, -0.1) is 0 Å². The molecule has 10 heteroatoms. The maximum Gasteiger partial charge on any atom is 0.229 e. The number of rotatable bonds is 7. The molecule has 0 aliphatic carbocycles. The Labute approximate surface area is 203 Å². The topological polar surface area (TPSA) is 89.6 Å². The third kappa shape index (κ3) is 4.85. The molecule has 182 valence electrons. The minimum absolute atomic E-state index is 0.0932. The van der Waals surface area contributed by atoms with E-state index in [4.69, 9.17) is 30.5 Å². The van der Waals surface area contributed by atoms with Crippen LogP contribution in [0.2, 0.25) is 5.02 Å². The molecule has 9 nitrogen and oxygen atoms in total. The molecular weight excluding hydrogens is 462 g/mol. The Bertz CT molecular complexity index is 1050. The van der Waals surface area contributed by atoms with Gasteiger partial charge in [0.1, 0.15) is 0 Å². The van der Waals surface area contributed by atoms with E-state index in [1.54, 1.807) is 29.2 Å². The van der Waals surface area contributed by atoms with Gasteiger partial charge in [-0.2, -0.15) is 0 Å². The third-order valence-corrected chi connectivity index (χ3v) is 6.26. The molecule has 0 saturated carbocycles. The maximum atomic E-state index is 13.2. The van der Waals surface area contributed by atoms with Gasteiger partial charge in [0, 0.05) is 43.2 Å². The normalized spacial score (nSPS) is 18.1. The zero-order valence-corrected chi connectivity index (χ0v) is 20.2. The summed E-state index contributed by atoms with van der Waals surface area (Å²) in [4.78, 5) is 29.8. The monoisotopic (exact) mass is 489 g/mol. The van der Waals surface area contributed by atoms with Crippen LogP contribution in [0.5, 0.6) is 17.2 Å². The molecule has 2 heterocycles. The van der Waals surface area contributed by atoms with Crippen molar-refractivity contribution in [3.05, 3.63) is 35.4 Å². The highest BCUT2D eigenvalue weighted by Crippen LogP contribution is 2.42. The van der Waals surface area contributed by atoms with Gasteiger partial charge in [0.25, 0.3) is 0 Å². The molecule has 4 rings (SSSR count). The van der Waals surface area contributed by atoms with Crippen molar-refractivity contribution in [1.29, 1.82) is 0 Å². The quantitative estimate of drug-likeness (QED) is 0.638. The smallest absolute Gasteiger partial charge is 0.229 e. The number of anilines is 3. The molecule has 0 spiro atoms. The number of methoxy groups -OCH3 is 3. The highest BCUT2D eigenvalue weighted by Gasteiger charge is 2.36. The Morgan fingerprint density at radius 1 is 1.06 bits per heavy atom. The van der Waals surface area contributed by atoms with Crippen molar-refractivity contribution in [3.63, 3.8) is 0 Å². The van der Waals surface area contributed by atoms with Crippen LogP contribution in [0.15, 0.2) is 30.3 Å². The molecule has 34 heavy (non-hydrogen) atoms. The van der Waals surface area contributed by atoms with E-state index in [-0.39, 0.29) is 24.8 Å². The van der Waals surface area contributed by atoms with E-state index in [0.717, 1.165) is 18.8 Å². The first-order valence-corrected chi connectivity index (χ1v) is 11.4. The lowest BCUT2D eigenvalue weighted by atomic mass is 10.1. The molecule has 0 aromatic heterocycles. The summed E-state index contributed by atoms with van der Waals surface area (Å²) < 4.78 is 21.6. The first-order chi connectivity index (χ1) is 16.4. The molecule has 1 N–H and O–H groups in total. The van der Waals surface area contributed by atoms with Crippen LogP contribution in [-0.4, -0.2) is 66.0 Å². The zero-order chi connectivity index (χ0) is 24.2. The van der Waals surface area contributed by atoms with Crippen molar-refractivity contribution in [2.75, 3.05) is 69.3 Å². The van der Waals surface area contributed by atoms with Crippen LogP contribution < -0.4 is 29.3 Å². The minimum Gasteiger partial charge on any atom is -0.493 e. The fourth-order valence-electron chi connectivity index (χ4n) is 4.28. The summed E-state index contributed by atoms with van der Waals surface area (Å²) in [6.07, 6.45) is 0.0932. The van der Waals surface area contributed by atoms with Crippen molar-refractivity contribution in [2.24, 2.45) is 5.92 Å². The summed E-state index contributed by atoms with van der Waals surface area (Å²) in [5, 5.41) is 3.51. The van der Waals surface area contributed by atoms with E-state index in [1.807, 2.05) is 6.07 Å². The van der Waals surface area contributed by atoms with Crippen LogP contribution in [-0.2, 0) is 14.3 Å². The zero-order valence-electron chi connectivity index (χ0n) is 19.4. The highest BCUT2D eigenvalue weighted by molar-refractivity contribution is 6.31. The number of halogens is 1. The van der Waals surface area contributed by atoms with Gasteiger partial charge in [-0.05, 0) is 18.2 Å². The van der Waals surface area contributed by atoms with Crippen LogP contribution in [0.1, 0.15) is 6.42 Å². The number of carbonyl (C=O) groups excluding carboxylic acids is 2. The Morgan fingerprint density at radius 2 is 1.74 bits per heavy atom. The Balaban J connectivity index is 1.53. The van der Waals surface area contributed by atoms with E-state index in [0.29, 0.717) is 46.9 Å². The standard InChI is InChI=1S/C24H28ClN3O6/c1-31-20-12-17(13-21(32-2)23(20)33-3)28-14-15(10-22(28)29)24(30)26-18-11-16(25)4-5-19(18)27-6-8-34-9-7-27/h4-5,11-13,15H,6-10,14H2,1-3H3,(H,26,30). The fourth-order valence-corrected chi connectivity index (χ4v) is 4.45. The average Bonchev–Trinajstić information content (AvgIpc) is 3.25. The van der Waals surface area contributed by atoms with Gasteiger partial charge < -0.3 is 34.1 Å². The van der Waals surface area contributed by atoms with Gasteiger partial charge >= 0.3 is 0 Å². The van der Waals surface area contributed by atoms with Gasteiger partial charge in [0.2, 0.25) is 17.6 Å². The molecule has 2 fully saturated rings. The molecule has 2 amide bonds. The molecule has 2 aliphatic rings. The predicted octanol–water partition coefficient (Wildman–Crippen LogP) is 3.19. The van der Waals surface area contributed by atoms with Crippen LogP contribution >= 0.6 is 11.6 Å². The number of nitrogens with one attached hydrogen (secondary N) is 1. The van der Waals surface area contributed by atoms with Crippen molar-refractivity contribution in [3.8, 4) is 17.2 Å². The van der Waals surface area contributed by atoms with Crippen molar-refractivity contribution in [1.82, 2.24) is 0 Å². The Hall–Kier alpha value is -3.17. The lowest BCUT2D eigenvalue weighted by Crippen LogP contribution is -2.37. The fraction of sp³-hybridized carbons (Fsp3) is 0.417. The van der Waals surface area contributed by atoms with Crippen LogP contribution in [0.3, 0.4) is 0 Å². The van der Waals surface area contributed by atoms with Gasteiger partial charge in [0.15, 0.2) is 11.5 Å². The van der Waals surface area contributed by atoms with E-state index in [9.17, 15) is 9.59 Å². The average molecular weight is 490 g/mol. The summed E-state index contributed by atoms with van der Waals surface area (Å²) in [6, 6.07) is 8.83. The third-order valence-electron chi connectivity index (χ3n) is 6.03. The van der Waals surface area contributed by atoms with E-state index in [2.05, 4.69) is 10.2 Å². The second-order valence-corrected chi connectivity index (χ2v) is 8.48. The molecule has 2 aromatic rings. The molecular formula is C24H28ClN3O6. The Kier molecular flexibility index (Phi) is 7.33. The van der Waals surface area contributed by atoms with Crippen molar-refractivity contribution < 1.29 is 28.5 Å². The number of ether oxygens (including phenoxy) is 4. The largest absolute Gasteiger partial charge is 0.493 e. The number of hydrogen-bond donors (Lipinski definition) is 1. The van der Waals surface area contributed by atoms with Gasteiger partial charge in [-0.25, -0.2) is 0 Å². The van der Waals surface area contributed by atoms with E-state index < -0.39 is 5.92 Å². The Morgan fingerprint density at radius 3 is 2.35 bits per heavy atom. The number of amides is 2. The molecule has 1 unspecified atom stereocenters. The predicted molar refractivity (Wildman–Crippen MR) is 130 cm³/mol. The van der Waals surface area contributed by atoms with Gasteiger partial charge in [-0.1, -0.05) is 11.6 Å². The second-order valence-electron chi connectivity index (χ2n) is 8.04. The summed E-state index contributed by atoms with van der Waals surface area (Å²) in [6.45, 7) is 2.92. The number of hydrogen-bond acceptors (Lipinski definition) is 7. The highest BCUT2D eigenvalue weighted by atomic mass is 35.5. The summed E-state index contributed by atoms with van der Waals surface area (Å²) >= 11 is 6.22. The lowest BCUT2D eigenvalue weighted by molar-refractivity contribution is -0.122. The van der Waals surface area contributed by atoms with Crippen molar-refractivity contribution in [2.45, 2.75) is 6.42 Å². The molecule has 2 saturated heterocycles. The molecule has 1 atom stereocenters. The molecule has 2 aromatic carbocycles. The van der Waals surface area contributed by atoms with E-state index >= 15 is 0 Å². The SMILES string of the molecule is COc1cc(N2CC(C(=O)Nc3cc(Cl)ccc3N3CCOCC3)CC2=O)cc(OC)c1OC. The van der Waals surface area contributed by atoms with Crippen LogP contribution in [0.25, 0.3) is 0 Å². The van der Waals surface area contributed by atoms with E-state index in [1.165, 1.54) is 21.3 Å². The molecule has 2 aliphatic heterocycles. The lowest BCUT2D eigenvalue weighted by Gasteiger charge is -2.30. The summed E-state index contributed by atoms with van der Waals surface area (Å²) in [5.41, 5.74) is 2.08. The second kappa shape index (κ2) is 10.4. The number of carbonyl (C=O) groups is 2. The van der Waals surface area contributed by atoms with Crippen LogP contribution in [0.4, 0.5) is 17.1 Å².